The summed E-state index contributed by atoms with van der Waals surface area (Å²) in [6.45, 7) is 2.18. The van der Waals surface area contributed by atoms with Gasteiger partial charge in [0.15, 0.2) is 0 Å². The topological polar surface area (TPSA) is 47.7 Å². The SMILES string of the molecule is Cn1cc(-n2cncc2C2CCCNC2)cn1. The second-order valence-electron chi connectivity index (χ2n) is 4.60. The van der Waals surface area contributed by atoms with Crippen LogP contribution in [0, 0.1) is 0 Å². The number of piperidine rings is 1. The third-order valence-corrected chi connectivity index (χ3v) is 3.35. The Labute approximate surface area is 100 Å². The lowest BCUT2D eigenvalue weighted by molar-refractivity contribution is 0.451. The number of imidazole rings is 1. The van der Waals surface area contributed by atoms with E-state index in [-0.39, 0.29) is 0 Å². The van der Waals surface area contributed by atoms with E-state index in [2.05, 4.69) is 20.0 Å². The molecule has 1 atom stereocenters. The molecule has 2 aromatic rings. The van der Waals surface area contributed by atoms with Gasteiger partial charge in [-0.3, -0.25) is 9.25 Å². The van der Waals surface area contributed by atoms with Crippen LogP contribution in [0.3, 0.4) is 0 Å². The molecule has 2 aromatic heterocycles. The second-order valence-corrected chi connectivity index (χ2v) is 4.60. The van der Waals surface area contributed by atoms with Gasteiger partial charge in [0.1, 0.15) is 0 Å². The van der Waals surface area contributed by atoms with Crippen molar-refractivity contribution in [1.29, 1.82) is 0 Å². The fourth-order valence-electron chi connectivity index (χ4n) is 2.46. The maximum Gasteiger partial charge on any atom is 0.0995 e. The van der Waals surface area contributed by atoms with Crippen LogP contribution in [-0.2, 0) is 7.05 Å². The first kappa shape index (κ1) is 10.5. The Hall–Kier alpha value is -1.62. The monoisotopic (exact) mass is 231 g/mol. The zero-order valence-corrected chi connectivity index (χ0v) is 10.0. The van der Waals surface area contributed by atoms with Gasteiger partial charge < -0.3 is 5.32 Å². The van der Waals surface area contributed by atoms with Gasteiger partial charge in [-0.15, -0.1) is 0 Å². The van der Waals surface area contributed by atoms with Crippen molar-refractivity contribution in [2.45, 2.75) is 18.8 Å². The Morgan fingerprint density at radius 2 is 2.35 bits per heavy atom. The molecule has 0 amide bonds. The first-order valence-corrected chi connectivity index (χ1v) is 6.06. The minimum atomic E-state index is 0.562. The molecule has 5 nitrogen and oxygen atoms in total. The quantitative estimate of drug-likeness (QED) is 0.841. The lowest BCUT2D eigenvalue weighted by Gasteiger charge is -2.23. The number of hydrogen-bond donors (Lipinski definition) is 1. The van der Waals surface area contributed by atoms with Crippen molar-refractivity contribution in [2.24, 2.45) is 7.05 Å². The van der Waals surface area contributed by atoms with E-state index in [1.165, 1.54) is 18.5 Å². The summed E-state index contributed by atoms with van der Waals surface area (Å²) < 4.78 is 3.96. The van der Waals surface area contributed by atoms with Crippen molar-refractivity contribution in [2.75, 3.05) is 13.1 Å². The molecular weight excluding hydrogens is 214 g/mol. The number of nitrogens with one attached hydrogen (secondary N) is 1. The van der Waals surface area contributed by atoms with E-state index >= 15 is 0 Å². The molecule has 0 bridgehead atoms. The van der Waals surface area contributed by atoms with Gasteiger partial charge in [-0.1, -0.05) is 0 Å². The highest BCUT2D eigenvalue weighted by Crippen LogP contribution is 2.24. The van der Waals surface area contributed by atoms with E-state index in [0.29, 0.717) is 5.92 Å². The molecule has 3 heterocycles. The van der Waals surface area contributed by atoms with Crippen LogP contribution < -0.4 is 5.32 Å². The Bertz CT molecular complexity index is 492. The summed E-state index contributed by atoms with van der Waals surface area (Å²) in [6, 6.07) is 0. The Kier molecular flexibility index (Phi) is 2.68. The normalized spacial score (nSPS) is 20.6. The van der Waals surface area contributed by atoms with Gasteiger partial charge >= 0.3 is 0 Å². The molecule has 0 aromatic carbocycles. The van der Waals surface area contributed by atoms with Crippen LogP contribution in [0.25, 0.3) is 5.69 Å². The van der Waals surface area contributed by atoms with Crippen LogP contribution in [0.15, 0.2) is 24.9 Å². The zero-order chi connectivity index (χ0) is 11.7. The molecule has 5 heteroatoms. The highest BCUT2D eigenvalue weighted by molar-refractivity contribution is 5.29. The molecule has 1 saturated heterocycles. The third kappa shape index (κ3) is 1.98. The molecule has 3 rings (SSSR count). The number of aryl methyl sites for hydroxylation is 1. The molecule has 0 spiro atoms. The molecule has 0 radical (unpaired) electrons. The van der Waals surface area contributed by atoms with Gasteiger partial charge in [0.25, 0.3) is 0 Å². The summed E-state index contributed by atoms with van der Waals surface area (Å²) >= 11 is 0. The van der Waals surface area contributed by atoms with Crippen LogP contribution in [0.5, 0.6) is 0 Å². The summed E-state index contributed by atoms with van der Waals surface area (Å²) in [7, 11) is 1.93. The van der Waals surface area contributed by atoms with Crippen LogP contribution >= 0.6 is 0 Å². The molecule has 17 heavy (non-hydrogen) atoms. The standard InChI is InChI=1S/C12H17N5/c1-16-8-11(6-15-16)17-9-14-7-12(17)10-3-2-4-13-5-10/h6-10,13H,2-5H2,1H3. The van der Waals surface area contributed by atoms with Crippen molar-refractivity contribution in [3.8, 4) is 5.69 Å². The molecule has 1 aliphatic heterocycles. The van der Waals surface area contributed by atoms with Crippen LogP contribution in [0.4, 0.5) is 0 Å². The summed E-state index contributed by atoms with van der Waals surface area (Å²) in [6.07, 6.45) is 10.2. The molecule has 90 valence electrons. The molecule has 1 fully saturated rings. The largest absolute Gasteiger partial charge is 0.316 e. The predicted octanol–water partition coefficient (Wildman–Crippen LogP) is 1.07. The average molecular weight is 231 g/mol. The Balaban J connectivity index is 1.93. The minimum absolute atomic E-state index is 0.562. The van der Waals surface area contributed by atoms with E-state index in [9.17, 15) is 0 Å². The highest BCUT2D eigenvalue weighted by atomic mass is 15.3. The second kappa shape index (κ2) is 4.33. The fraction of sp³-hybridized carbons (Fsp3) is 0.500. The zero-order valence-electron chi connectivity index (χ0n) is 10.0. The van der Waals surface area contributed by atoms with Gasteiger partial charge in [-0.05, 0) is 19.4 Å². The lowest BCUT2D eigenvalue weighted by Crippen LogP contribution is -2.29. The lowest BCUT2D eigenvalue weighted by atomic mass is 9.96. The minimum Gasteiger partial charge on any atom is -0.316 e. The fourth-order valence-corrected chi connectivity index (χ4v) is 2.46. The van der Waals surface area contributed by atoms with Gasteiger partial charge in [0.2, 0.25) is 0 Å². The molecule has 1 N–H and O–H groups in total. The van der Waals surface area contributed by atoms with Gasteiger partial charge in [-0.2, -0.15) is 5.10 Å². The molecule has 1 aliphatic rings. The van der Waals surface area contributed by atoms with Crippen molar-refractivity contribution in [3.63, 3.8) is 0 Å². The van der Waals surface area contributed by atoms with E-state index in [4.69, 9.17) is 0 Å². The summed E-state index contributed by atoms with van der Waals surface area (Å²) in [5.41, 5.74) is 2.37. The first-order chi connectivity index (χ1) is 8.34. The smallest absolute Gasteiger partial charge is 0.0995 e. The number of aromatic nitrogens is 4. The molecule has 1 unspecified atom stereocenters. The predicted molar refractivity (Wildman–Crippen MR) is 65.2 cm³/mol. The van der Waals surface area contributed by atoms with E-state index in [1.54, 1.807) is 0 Å². The van der Waals surface area contributed by atoms with Gasteiger partial charge in [-0.25, -0.2) is 4.98 Å². The van der Waals surface area contributed by atoms with Crippen molar-refractivity contribution in [3.05, 3.63) is 30.6 Å². The van der Waals surface area contributed by atoms with Crippen LogP contribution in [0.2, 0.25) is 0 Å². The third-order valence-electron chi connectivity index (χ3n) is 3.35. The number of rotatable bonds is 2. The number of nitrogens with zero attached hydrogens (tertiary/aromatic N) is 4. The van der Waals surface area contributed by atoms with Crippen molar-refractivity contribution < 1.29 is 0 Å². The van der Waals surface area contributed by atoms with Gasteiger partial charge in [0, 0.05) is 37.6 Å². The van der Waals surface area contributed by atoms with E-state index in [0.717, 1.165) is 18.8 Å². The maximum atomic E-state index is 4.28. The Morgan fingerprint density at radius 3 is 3.06 bits per heavy atom. The number of hydrogen-bond acceptors (Lipinski definition) is 3. The average Bonchev–Trinajstić information content (AvgIpc) is 2.98. The Morgan fingerprint density at radius 1 is 1.41 bits per heavy atom. The highest BCUT2D eigenvalue weighted by Gasteiger charge is 2.19. The van der Waals surface area contributed by atoms with E-state index < -0.39 is 0 Å². The van der Waals surface area contributed by atoms with Crippen molar-refractivity contribution in [1.82, 2.24) is 24.6 Å². The summed E-state index contributed by atoms with van der Waals surface area (Å²) in [5, 5.41) is 7.66. The molecule has 0 saturated carbocycles. The van der Waals surface area contributed by atoms with E-state index in [1.807, 2.05) is 36.6 Å². The molecular formula is C12H17N5. The summed E-state index contributed by atoms with van der Waals surface area (Å²) in [4.78, 5) is 4.28. The van der Waals surface area contributed by atoms with Crippen LogP contribution in [0.1, 0.15) is 24.5 Å². The molecule has 0 aliphatic carbocycles. The van der Waals surface area contributed by atoms with Crippen molar-refractivity contribution >= 4 is 0 Å². The van der Waals surface area contributed by atoms with Gasteiger partial charge in [0.05, 0.1) is 18.2 Å². The summed E-state index contributed by atoms with van der Waals surface area (Å²) in [5.74, 6) is 0.562. The maximum absolute atomic E-state index is 4.28. The van der Waals surface area contributed by atoms with Crippen LogP contribution in [-0.4, -0.2) is 32.4 Å². The first-order valence-electron chi connectivity index (χ1n) is 6.06.